The number of benzene rings is 1. The van der Waals surface area contributed by atoms with Gasteiger partial charge in [0.2, 0.25) is 0 Å². The highest BCUT2D eigenvalue weighted by Gasteiger charge is 2.13. The number of ether oxygens (including phenoxy) is 2. The van der Waals surface area contributed by atoms with Crippen LogP contribution in [0.25, 0.3) is 0 Å². The maximum absolute atomic E-state index is 11.4. The van der Waals surface area contributed by atoms with Crippen LogP contribution in [0.2, 0.25) is 0 Å². The fourth-order valence-electron chi connectivity index (χ4n) is 1.05. The molecule has 0 aliphatic heterocycles. The Bertz CT molecular complexity index is 351. The van der Waals surface area contributed by atoms with Gasteiger partial charge in [0, 0.05) is 4.47 Å². The van der Waals surface area contributed by atoms with Gasteiger partial charge in [-0.3, -0.25) is 0 Å². The topological polar surface area (TPSA) is 55.8 Å². The fraction of sp³-hybridized carbons (Fsp3) is 0.300. The van der Waals surface area contributed by atoms with Gasteiger partial charge in [-0.2, -0.15) is 0 Å². The Morgan fingerprint density at radius 3 is 2.87 bits per heavy atom. The molecule has 5 heteroatoms. The van der Waals surface area contributed by atoms with Crippen LogP contribution in [0.1, 0.15) is 10.4 Å². The number of aliphatic hydroxyl groups is 1. The number of rotatable bonds is 4. The molecule has 0 unspecified atom stereocenters. The molecule has 0 aromatic heterocycles. The summed E-state index contributed by atoms with van der Waals surface area (Å²) >= 11 is 3.25. The van der Waals surface area contributed by atoms with Gasteiger partial charge in [-0.15, -0.1) is 0 Å². The van der Waals surface area contributed by atoms with Crippen molar-refractivity contribution in [1.82, 2.24) is 0 Å². The third-order valence-electron chi connectivity index (χ3n) is 1.70. The normalized spacial score (nSPS) is 9.80. The van der Waals surface area contributed by atoms with Crippen LogP contribution in [0.3, 0.4) is 0 Å². The Morgan fingerprint density at radius 1 is 1.53 bits per heavy atom. The van der Waals surface area contributed by atoms with E-state index in [1.807, 2.05) is 0 Å². The van der Waals surface area contributed by atoms with Crippen LogP contribution < -0.4 is 4.74 Å². The lowest BCUT2D eigenvalue weighted by Crippen LogP contribution is -2.08. The first kappa shape index (κ1) is 12.0. The van der Waals surface area contributed by atoms with Gasteiger partial charge in [0.15, 0.2) is 0 Å². The largest absolute Gasteiger partial charge is 0.490 e. The van der Waals surface area contributed by atoms with E-state index < -0.39 is 5.97 Å². The molecule has 1 N–H and O–H groups in total. The van der Waals surface area contributed by atoms with Crippen molar-refractivity contribution in [1.29, 1.82) is 0 Å². The zero-order chi connectivity index (χ0) is 11.3. The number of aliphatic hydroxyl groups excluding tert-OH is 1. The molecule has 15 heavy (non-hydrogen) atoms. The molecule has 0 amide bonds. The van der Waals surface area contributed by atoms with Crippen molar-refractivity contribution in [3.05, 3.63) is 28.2 Å². The molecule has 0 heterocycles. The van der Waals surface area contributed by atoms with E-state index in [1.54, 1.807) is 18.2 Å². The average Bonchev–Trinajstić information content (AvgIpc) is 2.26. The number of carbonyl (C=O) groups is 1. The van der Waals surface area contributed by atoms with Gasteiger partial charge >= 0.3 is 5.97 Å². The van der Waals surface area contributed by atoms with E-state index in [9.17, 15) is 4.79 Å². The number of esters is 1. The number of halogens is 1. The van der Waals surface area contributed by atoms with Crippen molar-refractivity contribution < 1.29 is 19.4 Å². The van der Waals surface area contributed by atoms with Gasteiger partial charge in [-0.1, -0.05) is 15.9 Å². The van der Waals surface area contributed by atoms with Crippen LogP contribution in [-0.2, 0) is 4.74 Å². The monoisotopic (exact) mass is 274 g/mol. The second kappa shape index (κ2) is 5.72. The van der Waals surface area contributed by atoms with E-state index in [0.717, 1.165) is 4.47 Å². The summed E-state index contributed by atoms with van der Waals surface area (Å²) in [5, 5.41) is 8.62. The summed E-state index contributed by atoms with van der Waals surface area (Å²) in [7, 11) is 1.30. The molecule has 0 radical (unpaired) electrons. The minimum atomic E-state index is -0.468. The van der Waals surface area contributed by atoms with Crippen LogP contribution in [0.4, 0.5) is 0 Å². The molecular weight excluding hydrogens is 264 g/mol. The molecule has 1 rings (SSSR count). The maximum atomic E-state index is 11.4. The lowest BCUT2D eigenvalue weighted by molar-refractivity contribution is 0.0594. The molecule has 82 valence electrons. The maximum Gasteiger partial charge on any atom is 0.341 e. The highest BCUT2D eigenvalue weighted by atomic mass is 79.9. The predicted octanol–water partition coefficient (Wildman–Crippen LogP) is 1.61. The Labute approximate surface area is 95.9 Å². The van der Waals surface area contributed by atoms with E-state index in [1.165, 1.54) is 7.11 Å². The van der Waals surface area contributed by atoms with Crippen molar-refractivity contribution in [2.45, 2.75) is 0 Å². The first-order valence-corrected chi connectivity index (χ1v) is 5.10. The van der Waals surface area contributed by atoms with Crippen LogP contribution >= 0.6 is 15.9 Å². The minimum Gasteiger partial charge on any atom is -0.490 e. The molecule has 1 aromatic rings. The summed E-state index contributed by atoms with van der Waals surface area (Å²) in [6, 6.07) is 5.00. The summed E-state index contributed by atoms with van der Waals surface area (Å²) in [6.07, 6.45) is 0. The van der Waals surface area contributed by atoms with Crippen molar-refractivity contribution in [3.63, 3.8) is 0 Å². The molecule has 0 aliphatic carbocycles. The van der Waals surface area contributed by atoms with Crippen LogP contribution in [0, 0.1) is 0 Å². The molecule has 0 fully saturated rings. The third-order valence-corrected chi connectivity index (χ3v) is 2.19. The zero-order valence-electron chi connectivity index (χ0n) is 8.20. The van der Waals surface area contributed by atoms with Crippen molar-refractivity contribution >= 4 is 21.9 Å². The summed E-state index contributed by atoms with van der Waals surface area (Å²) in [5.74, 6) is -0.0664. The second-order valence-electron chi connectivity index (χ2n) is 2.70. The van der Waals surface area contributed by atoms with Gasteiger partial charge in [0.1, 0.15) is 17.9 Å². The highest BCUT2D eigenvalue weighted by Crippen LogP contribution is 2.23. The lowest BCUT2D eigenvalue weighted by atomic mass is 10.2. The van der Waals surface area contributed by atoms with Crippen LogP contribution in [0.15, 0.2) is 22.7 Å². The van der Waals surface area contributed by atoms with Crippen LogP contribution in [-0.4, -0.2) is 31.4 Å². The van der Waals surface area contributed by atoms with Crippen molar-refractivity contribution in [2.24, 2.45) is 0 Å². The van der Waals surface area contributed by atoms with Gasteiger partial charge in [-0.25, -0.2) is 4.79 Å². The van der Waals surface area contributed by atoms with E-state index in [-0.39, 0.29) is 13.2 Å². The van der Waals surface area contributed by atoms with Gasteiger partial charge in [0.25, 0.3) is 0 Å². The average molecular weight is 275 g/mol. The molecule has 1 aromatic carbocycles. The van der Waals surface area contributed by atoms with E-state index in [2.05, 4.69) is 20.7 Å². The molecule has 0 spiro atoms. The van der Waals surface area contributed by atoms with Crippen molar-refractivity contribution in [3.8, 4) is 5.75 Å². The number of methoxy groups -OCH3 is 1. The molecule has 0 bridgehead atoms. The Balaban J connectivity index is 2.97. The van der Waals surface area contributed by atoms with E-state index in [0.29, 0.717) is 11.3 Å². The van der Waals surface area contributed by atoms with Crippen LogP contribution in [0.5, 0.6) is 5.75 Å². The second-order valence-corrected chi connectivity index (χ2v) is 3.62. The summed E-state index contributed by atoms with van der Waals surface area (Å²) in [4.78, 5) is 11.4. The Hall–Kier alpha value is -1.07. The molecule has 0 saturated heterocycles. The summed E-state index contributed by atoms with van der Waals surface area (Å²) in [6.45, 7) is 0.0440. The van der Waals surface area contributed by atoms with Crippen molar-refractivity contribution in [2.75, 3.05) is 20.3 Å². The molecular formula is C10H11BrO4. The molecule has 0 aliphatic rings. The van der Waals surface area contributed by atoms with Gasteiger partial charge in [-0.05, 0) is 18.2 Å². The van der Waals surface area contributed by atoms with E-state index >= 15 is 0 Å². The van der Waals surface area contributed by atoms with E-state index in [4.69, 9.17) is 9.84 Å². The quantitative estimate of drug-likeness (QED) is 0.848. The summed E-state index contributed by atoms with van der Waals surface area (Å²) in [5.41, 5.74) is 0.334. The number of hydrogen-bond acceptors (Lipinski definition) is 4. The SMILES string of the molecule is COC(=O)c1cc(Br)ccc1OCCO. The molecule has 0 saturated carbocycles. The summed E-state index contributed by atoms with van der Waals surface area (Å²) < 4.78 is 10.6. The van der Waals surface area contributed by atoms with Gasteiger partial charge < -0.3 is 14.6 Å². The zero-order valence-corrected chi connectivity index (χ0v) is 9.78. The number of carbonyl (C=O) groups excluding carboxylic acids is 1. The first-order valence-electron chi connectivity index (χ1n) is 4.30. The smallest absolute Gasteiger partial charge is 0.341 e. The lowest BCUT2D eigenvalue weighted by Gasteiger charge is -2.09. The molecule has 0 atom stereocenters. The highest BCUT2D eigenvalue weighted by molar-refractivity contribution is 9.10. The Kier molecular flexibility index (Phi) is 4.58. The minimum absolute atomic E-state index is 0.101. The standard InChI is InChI=1S/C10H11BrO4/c1-14-10(13)8-6-7(11)2-3-9(8)15-5-4-12/h2-3,6,12H,4-5H2,1H3. The fourth-order valence-corrected chi connectivity index (χ4v) is 1.41. The number of hydrogen-bond donors (Lipinski definition) is 1. The molecule has 4 nitrogen and oxygen atoms in total. The first-order chi connectivity index (χ1) is 7.19. The predicted molar refractivity (Wildman–Crippen MR) is 58.1 cm³/mol. The Morgan fingerprint density at radius 2 is 2.27 bits per heavy atom. The van der Waals surface area contributed by atoms with Gasteiger partial charge in [0.05, 0.1) is 13.7 Å². The third kappa shape index (κ3) is 3.21.